The van der Waals surface area contributed by atoms with Crippen molar-refractivity contribution < 1.29 is 17.9 Å². The Morgan fingerprint density at radius 3 is 2.43 bits per heavy atom. The first kappa shape index (κ1) is 19.4. The van der Waals surface area contributed by atoms with Crippen molar-refractivity contribution in [2.75, 3.05) is 19.9 Å². The molecule has 0 saturated heterocycles. The van der Waals surface area contributed by atoms with Crippen LogP contribution in [0.15, 0.2) is 24.3 Å². The zero-order valence-electron chi connectivity index (χ0n) is 14.0. The van der Waals surface area contributed by atoms with E-state index in [0.717, 1.165) is 36.8 Å². The van der Waals surface area contributed by atoms with Crippen LogP contribution < -0.4 is 14.8 Å². The Hall–Kier alpha value is -1.60. The van der Waals surface area contributed by atoms with E-state index in [1.54, 1.807) is 7.11 Å². The lowest BCUT2D eigenvalue weighted by atomic mass is 10.0. The van der Waals surface area contributed by atoms with Gasteiger partial charge in [-0.1, -0.05) is 31.9 Å². The van der Waals surface area contributed by atoms with Crippen LogP contribution in [0.25, 0.3) is 0 Å². The van der Waals surface area contributed by atoms with Crippen LogP contribution >= 0.6 is 0 Å². The van der Waals surface area contributed by atoms with Crippen molar-refractivity contribution in [1.82, 2.24) is 10.0 Å². The number of sulfonamides is 1. The van der Waals surface area contributed by atoms with Crippen molar-refractivity contribution in [1.29, 1.82) is 0 Å². The van der Waals surface area contributed by atoms with Crippen LogP contribution in [0, 0.1) is 0 Å². The van der Waals surface area contributed by atoms with E-state index < -0.39 is 10.0 Å². The maximum Gasteiger partial charge on any atom is 0.221 e. The van der Waals surface area contributed by atoms with E-state index >= 15 is 0 Å². The molecule has 23 heavy (non-hydrogen) atoms. The van der Waals surface area contributed by atoms with Crippen molar-refractivity contribution in [3.8, 4) is 5.75 Å². The van der Waals surface area contributed by atoms with Crippen LogP contribution in [0.2, 0.25) is 0 Å². The highest BCUT2D eigenvalue weighted by atomic mass is 32.2. The largest absolute Gasteiger partial charge is 0.497 e. The highest BCUT2D eigenvalue weighted by Gasteiger charge is 2.14. The smallest absolute Gasteiger partial charge is 0.221 e. The Kier molecular flexibility index (Phi) is 8.05. The molecule has 0 heterocycles. The summed E-state index contributed by atoms with van der Waals surface area (Å²) in [5.74, 6) is 0.602. The number of amides is 1. The summed E-state index contributed by atoms with van der Waals surface area (Å²) in [4.78, 5) is 12.0. The Morgan fingerprint density at radius 2 is 1.91 bits per heavy atom. The molecule has 0 aromatic heterocycles. The normalized spacial score (nSPS) is 12.7. The number of benzene rings is 1. The predicted octanol–water partition coefficient (Wildman–Crippen LogP) is 1.98. The molecule has 6 nitrogen and oxygen atoms in total. The van der Waals surface area contributed by atoms with Crippen molar-refractivity contribution >= 4 is 15.9 Å². The van der Waals surface area contributed by atoms with Gasteiger partial charge >= 0.3 is 0 Å². The molecule has 0 saturated carbocycles. The Bertz CT molecular complexity index is 585. The molecule has 0 bridgehead atoms. The van der Waals surface area contributed by atoms with Crippen LogP contribution in [0.5, 0.6) is 5.75 Å². The van der Waals surface area contributed by atoms with Gasteiger partial charge in [0.2, 0.25) is 15.9 Å². The topological polar surface area (TPSA) is 84.5 Å². The Balaban J connectivity index is 2.64. The third kappa shape index (κ3) is 7.99. The number of unbranched alkanes of at least 4 members (excludes halogenated alkanes) is 1. The number of carbonyl (C=O) groups is 1. The number of hydrogen-bond donors (Lipinski definition) is 2. The lowest BCUT2D eigenvalue weighted by Gasteiger charge is -2.19. The van der Waals surface area contributed by atoms with E-state index in [9.17, 15) is 13.2 Å². The molecule has 130 valence electrons. The second-order valence-corrected chi connectivity index (χ2v) is 7.28. The first-order valence-electron chi connectivity index (χ1n) is 7.73. The van der Waals surface area contributed by atoms with Gasteiger partial charge in [-0.3, -0.25) is 4.79 Å². The SMILES string of the molecule is CCCC[C@@H](NC(=O)CCNS(C)(=O)=O)c1ccc(OC)cc1. The summed E-state index contributed by atoms with van der Waals surface area (Å²) in [5, 5.41) is 2.98. The molecule has 1 atom stereocenters. The lowest BCUT2D eigenvalue weighted by Crippen LogP contribution is -2.32. The molecule has 1 aromatic carbocycles. The fourth-order valence-electron chi connectivity index (χ4n) is 2.18. The summed E-state index contributed by atoms with van der Waals surface area (Å²) in [6.45, 7) is 2.21. The number of methoxy groups -OCH3 is 1. The fraction of sp³-hybridized carbons (Fsp3) is 0.562. The lowest BCUT2D eigenvalue weighted by molar-refractivity contribution is -0.121. The molecule has 0 aliphatic heterocycles. The van der Waals surface area contributed by atoms with E-state index in [1.807, 2.05) is 24.3 Å². The predicted molar refractivity (Wildman–Crippen MR) is 90.9 cm³/mol. The van der Waals surface area contributed by atoms with Gasteiger partial charge in [0.05, 0.1) is 19.4 Å². The Labute approximate surface area is 138 Å². The van der Waals surface area contributed by atoms with Crippen molar-refractivity contribution in [2.24, 2.45) is 0 Å². The minimum Gasteiger partial charge on any atom is -0.497 e. The van der Waals surface area contributed by atoms with Crippen LogP contribution in [0.3, 0.4) is 0 Å². The van der Waals surface area contributed by atoms with Gasteiger partial charge in [-0.15, -0.1) is 0 Å². The van der Waals surface area contributed by atoms with Crippen LogP contribution in [-0.4, -0.2) is 34.2 Å². The molecular formula is C16H26N2O4S. The second kappa shape index (κ2) is 9.52. The van der Waals surface area contributed by atoms with E-state index in [1.165, 1.54) is 0 Å². The third-order valence-corrected chi connectivity index (χ3v) is 4.14. The average molecular weight is 342 g/mol. The summed E-state index contributed by atoms with van der Waals surface area (Å²) < 4.78 is 29.5. The average Bonchev–Trinajstić information content (AvgIpc) is 2.50. The highest BCUT2D eigenvalue weighted by Crippen LogP contribution is 2.22. The Morgan fingerprint density at radius 1 is 1.26 bits per heavy atom. The molecule has 0 fully saturated rings. The minimum atomic E-state index is -3.27. The number of rotatable bonds is 10. The zero-order chi connectivity index (χ0) is 17.3. The van der Waals surface area contributed by atoms with Gasteiger partial charge in [-0.25, -0.2) is 13.1 Å². The second-order valence-electron chi connectivity index (χ2n) is 5.45. The number of nitrogens with one attached hydrogen (secondary N) is 2. The van der Waals surface area contributed by atoms with Crippen molar-refractivity contribution in [3.05, 3.63) is 29.8 Å². The van der Waals surface area contributed by atoms with Crippen LogP contribution in [0.1, 0.15) is 44.2 Å². The van der Waals surface area contributed by atoms with Gasteiger partial charge in [-0.05, 0) is 24.1 Å². The molecule has 2 N–H and O–H groups in total. The molecule has 7 heteroatoms. The van der Waals surface area contributed by atoms with E-state index in [-0.39, 0.29) is 24.9 Å². The highest BCUT2D eigenvalue weighted by molar-refractivity contribution is 7.88. The summed E-state index contributed by atoms with van der Waals surface area (Å²) in [6, 6.07) is 7.53. The molecule has 1 amide bonds. The summed E-state index contributed by atoms with van der Waals surface area (Å²) in [5.41, 5.74) is 1.02. The fourth-order valence-corrected chi connectivity index (χ4v) is 2.66. The van der Waals surface area contributed by atoms with Gasteiger partial charge in [0.15, 0.2) is 0 Å². The van der Waals surface area contributed by atoms with E-state index in [4.69, 9.17) is 4.74 Å². The monoisotopic (exact) mass is 342 g/mol. The summed E-state index contributed by atoms with van der Waals surface area (Å²) in [7, 11) is -1.65. The summed E-state index contributed by atoms with van der Waals surface area (Å²) >= 11 is 0. The molecule has 1 aromatic rings. The molecule has 1 rings (SSSR count). The van der Waals surface area contributed by atoms with Crippen LogP contribution in [0.4, 0.5) is 0 Å². The zero-order valence-corrected chi connectivity index (χ0v) is 14.8. The molecule has 0 aliphatic carbocycles. The molecule has 0 radical (unpaired) electrons. The number of ether oxygens (including phenoxy) is 1. The first-order valence-corrected chi connectivity index (χ1v) is 9.62. The minimum absolute atomic E-state index is 0.0772. The van der Waals surface area contributed by atoms with Gasteiger partial charge in [0.25, 0.3) is 0 Å². The standard InChI is InChI=1S/C16H26N2O4S/c1-4-5-6-15(13-7-9-14(22-2)10-8-13)18-16(19)11-12-17-23(3,20)21/h7-10,15,17H,4-6,11-12H2,1-3H3,(H,18,19)/t15-/m1/s1. The third-order valence-electron chi connectivity index (χ3n) is 3.42. The summed E-state index contributed by atoms with van der Waals surface area (Å²) in [6.07, 6.45) is 4.07. The maximum absolute atomic E-state index is 12.0. The van der Waals surface area contributed by atoms with E-state index in [0.29, 0.717) is 0 Å². The molecule has 0 spiro atoms. The quantitative estimate of drug-likeness (QED) is 0.681. The van der Waals surface area contributed by atoms with Gasteiger partial charge in [0.1, 0.15) is 5.75 Å². The van der Waals surface area contributed by atoms with E-state index in [2.05, 4.69) is 17.0 Å². The number of hydrogen-bond acceptors (Lipinski definition) is 4. The molecule has 0 aliphatic rings. The molecule has 0 unspecified atom stereocenters. The van der Waals surface area contributed by atoms with Crippen molar-refractivity contribution in [3.63, 3.8) is 0 Å². The van der Waals surface area contributed by atoms with Crippen LogP contribution in [-0.2, 0) is 14.8 Å². The van der Waals surface area contributed by atoms with Gasteiger partial charge in [-0.2, -0.15) is 0 Å². The molecular weight excluding hydrogens is 316 g/mol. The van der Waals surface area contributed by atoms with Crippen molar-refractivity contribution in [2.45, 2.75) is 38.6 Å². The van der Waals surface area contributed by atoms with Gasteiger partial charge in [0, 0.05) is 13.0 Å². The van der Waals surface area contributed by atoms with Gasteiger partial charge < -0.3 is 10.1 Å². The number of carbonyl (C=O) groups excluding carboxylic acids is 1. The first-order chi connectivity index (χ1) is 10.9. The maximum atomic E-state index is 12.0.